The summed E-state index contributed by atoms with van der Waals surface area (Å²) in [6.45, 7) is 0. The van der Waals surface area contributed by atoms with Crippen molar-refractivity contribution in [1.29, 1.82) is 0 Å². The Morgan fingerprint density at radius 1 is 0.947 bits per heavy atom. The Bertz CT molecular complexity index is 946. The molecule has 4 aromatic rings. The number of halogens is 1. The minimum atomic E-state index is 0.523. The van der Waals surface area contributed by atoms with Crippen molar-refractivity contribution >= 4 is 60.6 Å². The molecule has 0 atom stereocenters. The van der Waals surface area contributed by atoms with Crippen LogP contribution in [-0.2, 0) is 0 Å². The first-order valence-corrected chi connectivity index (χ1v) is 6.96. The molecule has 0 aliphatic rings. The van der Waals surface area contributed by atoms with Crippen molar-refractivity contribution in [1.82, 2.24) is 9.97 Å². The van der Waals surface area contributed by atoms with Gasteiger partial charge >= 0.3 is 0 Å². The van der Waals surface area contributed by atoms with Crippen molar-refractivity contribution in [3.05, 3.63) is 40.9 Å². The third kappa shape index (κ3) is 1.50. The third-order valence-corrected chi connectivity index (χ3v) is 4.41. The van der Waals surface area contributed by atoms with Crippen LogP contribution >= 0.6 is 22.9 Å². The second kappa shape index (κ2) is 3.79. The van der Waals surface area contributed by atoms with Crippen LogP contribution in [0.2, 0.25) is 4.47 Å². The number of nitrogens with zero attached hydrogens (tertiary/aromatic N) is 2. The first-order valence-electron chi connectivity index (χ1n) is 5.77. The van der Waals surface area contributed by atoms with E-state index >= 15 is 0 Å². The van der Waals surface area contributed by atoms with E-state index in [0.717, 1.165) is 37.7 Å². The average Bonchev–Trinajstić information content (AvgIpc) is 2.79. The SMILES string of the molecule is Nc1c2ccccc2nc2ccc3nc(Cl)sc3c12. The molecule has 2 N–H and O–H groups in total. The minimum absolute atomic E-state index is 0.523. The number of hydrogen-bond donors (Lipinski definition) is 1. The van der Waals surface area contributed by atoms with Gasteiger partial charge in [0.15, 0.2) is 4.47 Å². The lowest BCUT2D eigenvalue weighted by atomic mass is 10.1. The second-order valence-electron chi connectivity index (χ2n) is 4.32. The summed E-state index contributed by atoms with van der Waals surface area (Å²) in [5.74, 6) is 0. The molecule has 2 heterocycles. The molecule has 0 saturated heterocycles. The Balaban J connectivity index is 2.32. The van der Waals surface area contributed by atoms with Gasteiger partial charge in [-0.15, -0.1) is 11.3 Å². The highest BCUT2D eigenvalue weighted by atomic mass is 35.5. The first kappa shape index (κ1) is 11.0. The number of fused-ring (bicyclic) bond motifs is 4. The van der Waals surface area contributed by atoms with Crippen LogP contribution in [0.5, 0.6) is 0 Å². The molecule has 0 unspecified atom stereocenters. The fourth-order valence-corrected chi connectivity index (χ4v) is 3.54. The van der Waals surface area contributed by atoms with Crippen LogP contribution in [0.15, 0.2) is 36.4 Å². The van der Waals surface area contributed by atoms with Gasteiger partial charge in [0.2, 0.25) is 0 Å². The molecule has 0 saturated carbocycles. The van der Waals surface area contributed by atoms with Crippen LogP contribution in [-0.4, -0.2) is 9.97 Å². The number of para-hydroxylation sites is 1. The molecule has 4 rings (SSSR count). The van der Waals surface area contributed by atoms with E-state index in [1.54, 1.807) is 0 Å². The van der Waals surface area contributed by atoms with E-state index in [-0.39, 0.29) is 0 Å². The quantitative estimate of drug-likeness (QED) is 0.492. The fourth-order valence-electron chi connectivity index (χ4n) is 2.37. The van der Waals surface area contributed by atoms with Gasteiger partial charge in [-0.05, 0) is 18.2 Å². The predicted molar refractivity (Wildman–Crippen MR) is 81.8 cm³/mol. The number of nitrogens with two attached hydrogens (primary N) is 1. The van der Waals surface area contributed by atoms with Gasteiger partial charge in [0.25, 0.3) is 0 Å². The van der Waals surface area contributed by atoms with Crippen LogP contribution < -0.4 is 5.73 Å². The Hall–Kier alpha value is -1.91. The standard InChI is InChI=1S/C14H8ClN3S/c15-14-18-10-6-5-9-11(13(10)19-14)12(16)7-3-1-2-4-8(7)17-9/h1-6H,(H2,16,17). The minimum Gasteiger partial charge on any atom is -0.398 e. The molecular weight excluding hydrogens is 278 g/mol. The summed E-state index contributed by atoms with van der Waals surface area (Å²) < 4.78 is 1.52. The van der Waals surface area contributed by atoms with Crippen LogP contribution in [0.1, 0.15) is 0 Å². The van der Waals surface area contributed by atoms with Gasteiger partial charge in [0, 0.05) is 10.8 Å². The fraction of sp³-hybridized carbons (Fsp3) is 0. The summed E-state index contributed by atoms with van der Waals surface area (Å²) >= 11 is 7.44. The number of rotatable bonds is 0. The summed E-state index contributed by atoms with van der Waals surface area (Å²) in [6.07, 6.45) is 0. The highest BCUT2D eigenvalue weighted by Gasteiger charge is 2.12. The van der Waals surface area contributed by atoms with E-state index in [1.165, 1.54) is 11.3 Å². The number of benzene rings is 2. The molecule has 92 valence electrons. The summed E-state index contributed by atoms with van der Waals surface area (Å²) in [4.78, 5) is 8.94. The summed E-state index contributed by atoms with van der Waals surface area (Å²) in [7, 11) is 0. The normalized spacial score (nSPS) is 11.6. The molecule has 0 radical (unpaired) electrons. The zero-order valence-electron chi connectivity index (χ0n) is 9.72. The van der Waals surface area contributed by atoms with Crippen LogP contribution in [0.3, 0.4) is 0 Å². The molecule has 0 spiro atoms. The van der Waals surface area contributed by atoms with Crippen molar-refractivity contribution in [3.8, 4) is 0 Å². The molecule has 0 bridgehead atoms. The number of pyridine rings is 1. The van der Waals surface area contributed by atoms with E-state index in [0.29, 0.717) is 4.47 Å². The molecule has 19 heavy (non-hydrogen) atoms. The first-order chi connectivity index (χ1) is 9.24. The molecular formula is C14H8ClN3S. The van der Waals surface area contributed by atoms with Crippen molar-refractivity contribution < 1.29 is 0 Å². The number of thiazole rings is 1. The molecule has 2 aromatic carbocycles. The van der Waals surface area contributed by atoms with E-state index in [2.05, 4.69) is 9.97 Å². The van der Waals surface area contributed by atoms with Gasteiger partial charge in [-0.2, -0.15) is 0 Å². The van der Waals surface area contributed by atoms with E-state index in [9.17, 15) is 0 Å². The van der Waals surface area contributed by atoms with Crippen molar-refractivity contribution in [2.75, 3.05) is 5.73 Å². The summed E-state index contributed by atoms with van der Waals surface area (Å²) in [5.41, 5.74) is 9.72. The molecule has 0 fully saturated rings. The maximum absolute atomic E-state index is 6.33. The number of hydrogen-bond acceptors (Lipinski definition) is 4. The lowest BCUT2D eigenvalue weighted by molar-refractivity contribution is 1.48. The van der Waals surface area contributed by atoms with Gasteiger partial charge in [-0.25, -0.2) is 9.97 Å². The molecule has 0 aliphatic heterocycles. The van der Waals surface area contributed by atoms with Gasteiger partial charge in [0.1, 0.15) is 0 Å². The number of anilines is 1. The molecule has 0 amide bonds. The predicted octanol–water partition coefficient (Wildman–Crippen LogP) is 4.23. The molecule has 2 aromatic heterocycles. The average molecular weight is 286 g/mol. The van der Waals surface area contributed by atoms with Gasteiger partial charge in [0.05, 0.1) is 26.9 Å². The summed E-state index contributed by atoms with van der Waals surface area (Å²) in [6, 6.07) is 11.8. The van der Waals surface area contributed by atoms with Crippen molar-refractivity contribution in [3.63, 3.8) is 0 Å². The molecule has 5 heteroatoms. The Morgan fingerprint density at radius 2 is 1.74 bits per heavy atom. The van der Waals surface area contributed by atoms with Crippen LogP contribution in [0.25, 0.3) is 32.0 Å². The van der Waals surface area contributed by atoms with Gasteiger partial charge in [-0.1, -0.05) is 29.8 Å². The highest BCUT2D eigenvalue weighted by molar-refractivity contribution is 7.23. The van der Waals surface area contributed by atoms with Crippen molar-refractivity contribution in [2.24, 2.45) is 0 Å². The lowest BCUT2D eigenvalue weighted by Crippen LogP contribution is -1.92. The van der Waals surface area contributed by atoms with Gasteiger partial charge < -0.3 is 5.73 Å². The maximum Gasteiger partial charge on any atom is 0.184 e. The zero-order valence-corrected chi connectivity index (χ0v) is 11.3. The summed E-state index contributed by atoms with van der Waals surface area (Å²) in [5, 5.41) is 1.91. The number of aromatic nitrogens is 2. The molecule has 3 nitrogen and oxygen atoms in total. The second-order valence-corrected chi connectivity index (χ2v) is 5.90. The van der Waals surface area contributed by atoms with Crippen LogP contribution in [0, 0.1) is 0 Å². The zero-order chi connectivity index (χ0) is 13.0. The van der Waals surface area contributed by atoms with Crippen LogP contribution in [0.4, 0.5) is 5.69 Å². The third-order valence-electron chi connectivity index (χ3n) is 3.21. The monoisotopic (exact) mass is 285 g/mol. The topological polar surface area (TPSA) is 51.8 Å². The lowest BCUT2D eigenvalue weighted by Gasteiger charge is -2.06. The van der Waals surface area contributed by atoms with Gasteiger partial charge in [-0.3, -0.25) is 0 Å². The Labute approximate surface area is 117 Å². The highest BCUT2D eigenvalue weighted by Crippen LogP contribution is 2.37. The Kier molecular flexibility index (Phi) is 2.19. The maximum atomic E-state index is 6.33. The van der Waals surface area contributed by atoms with E-state index in [4.69, 9.17) is 17.3 Å². The smallest absolute Gasteiger partial charge is 0.184 e. The Morgan fingerprint density at radius 3 is 2.63 bits per heavy atom. The van der Waals surface area contributed by atoms with E-state index < -0.39 is 0 Å². The van der Waals surface area contributed by atoms with Crippen molar-refractivity contribution in [2.45, 2.75) is 0 Å². The molecule has 0 aliphatic carbocycles. The largest absolute Gasteiger partial charge is 0.398 e. The van der Waals surface area contributed by atoms with E-state index in [1.807, 2.05) is 36.4 Å². The number of nitrogen functional groups attached to an aromatic ring is 1.